The van der Waals surface area contributed by atoms with Crippen molar-refractivity contribution < 1.29 is 10.2 Å². The maximum Gasteiger partial charge on any atom is 0.0745 e. The van der Waals surface area contributed by atoms with E-state index >= 15 is 0 Å². The molecule has 100 valence electrons. The summed E-state index contributed by atoms with van der Waals surface area (Å²) in [4.78, 5) is 0. The van der Waals surface area contributed by atoms with Crippen molar-refractivity contribution in [1.82, 2.24) is 0 Å². The normalized spacial score (nSPS) is 14.8. The Morgan fingerprint density at radius 1 is 1.17 bits per heavy atom. The highest BCUT2D eigenvalue weighted by Crippen LogP contribution is 2.07. The zero-order chi connectivity index (χ0) is 13.2. The van der Waals surface area contributed by atoms with Crippen molar-refractivity contribution in [3.05, 3.63) is 48.0 Å². The molecule has 0 aliphatic carbocycles. The van der Waals surface area contributed by atoms with Crippen LogP contribution >= 0.6 is 0 Å². The smallest absolute Gasteiger partial charge is 0.0745 e. The number of aliphatic hydroxyl groups is 2. The number of benzene rings is 1. The van der Waals surface area contributed by atoms with E-state index in [9.17, 15) is 10.2 Å². The third kappa shape index (κ3) is 6.58. The Morgan fingerprint density at radius 3 is 2.56 bits per heavy atom. The second kappa shape index (κ2) is 8.90. The summed E-state index contributed by atoms with van der Waals surface area (Å²) in [5.41, 5.74) is 1.31. The Labute approximate surface area is 110 Å². The predicted molar refractivity (Wildman–Crippen MR) is 75.4 cm³/mol. The minimum Gasteiger partial charge on any atom is -0.393 e. The molecule has 2 heteroatoms. The third-order valence-electron chi connectivity index (χ3n) is 2.94. The van der Waals surface area contributed by atoms with Crippen molar-refractivity contribution in [2.75, 3.05) is 0 Å². The first-order valence-electron chi connectivity index (χ1n) is 6.79. The van der Waals surface area contributed by atoms with Gasteiger partial charge in [-0.3, -0.25) is 0 Å². The van der Waals surface area contributed by atoms with Gasteiger partial charge in [0, 0.05) is 6.42 Å². The van der Waals surface area contributed by atoms with Crippen LogP contribution in [0.4, 0.5) is 0 Å². The van der Waals surface area contributed by atoms with Gasteiger partial charge in [0.1, 0.15) is 0 Å². The summed E-state index contributed by atoms with van der Waals surface area (Å²) in [5, 5.41) is 19.3. The first-order chi connectivity index (χ1) is 8.72. The average Bonchev–Trinajstić information content (AvgIpc) is 2.36. The summed E-state index contributed by atoms with van der Waals surface area (Å²) in [6.07, 6.45) is 6.94. The van der Waals surface area contributed by atoms with Gasteiger partial charge in [0.2, 0.25) is 0 Å². The molecule has 0 radical (unpaired) electrons. The van der Waals surface area contributed by atoms with E-state index in [0.717, 1.165) is 25.7 Å². The lowest BCUT2D eigenvalue weighted by molar-refractivity contribution is 0.0972. The second-order valence-corrected chi connectivity index (χ2v) is 4.70. The molecular weight excluding hydrogens is 224 g/mol. The Balaban J connectivity index is 2.20. The molecule has 0 saturated heterocycles. The van der Waals surface area contributed by atoms with Gasteiger partial charge in [-0.2, -0.15) is 0 Å². The van der Waals surface area contributed by atoms with Gasteiger partial charge in [-0.05, 0) is 24.8 Å². The SMILES string of the molecule is CCCC(O)CC(O)/C=C/CCc1ccccc1. The maximum atomic E-state index is 9.70. The number of hydrogen-bond acceptors (Lipinski definition) is 2. The minimum absolute atomic E-state index is 0.385. The van der Waals surface area contributed by atoms with Gasteiger partial charge in [0.05, 0.1) is 12.2 Å². The zero-order valence-corrected chi connectivity index (χ0v) is 11.1. The number of hydrogen-bond donors (Lipinski definition) is 2. The van der Waals surface area contributed by atoms with E-state index < -0.39 is 6.10 Å². The summed E-state index contributed by atoms with van der Waals surface area (Å²) in [5.74, 6) is 0. The highest BCUT2D eigenvalue weighted by atomic mass is 16.3. The fourth-order valence-electron chi connectivity index (χ4n) is 1.96. The van der Waals surface area contributed by atoms with Gasteiger partial charge in [-0.1, -0.05) is 55.8 Å². The zero-order valence-electron chi connectivity index (χ0n) is 11.1. The monoisotopic (exact) mass is 248 g/mol. The predicted octanol–water partition coefficient (Wildman–Crippen LogP) is 3.09. The number of aliphatic hydroxyl groups excluding tert-OH is 2. The van der Waals surface area contributed by atoms with Gasteiger partial charge in [-0.15, -0.1) is 0 Å². The minimum atomic E-state index is -0.526. The summed E-state index contributed by atoms with van der Waals surface area (Å²) in [6.45, 7) is 2.03. The third-order valence-corrected chi connectivity index (χ3v) is 2.94. The molecule has 1 aromatic rings. The summed E-state index contributed by atoms with van der Waals surface area (Å²) in [7, 11) is 0. The number of allylic oxidation sites excluding steroid dienone is 1. The molecule has 1 aromatic carbocycles. The fourth-order valence-corrected chi connectivity index (χ4v) is 1.96. The molecule has 0 aliphatic rings. The Kier molecular flexibility index (Phi) is 7.38. The Bertz CT molecular complexity index is 332. The number of rotatable bonds is 8. The molecule has 0 aliphatic heterocycles. The van der Waals surface area contributed by atoms with Gasteiger partial charge in [0.25, 0.3) is 0 Å². The van der Waals surface area contributed by atoms with Crippen molar-refractivity contribution in [2.45, 2.75) is 51.2 Å². The van der Waals surface area contributed by atoms with Gasteiger partial charge < -0.3 is 10.2 Å². The molecule has 1 rings (SSSR count). The lowest BCUT2D eigenvalue weighted by Gasteiger charge is -2.11. The molecular formula is C16H24O2. The van der Waals surface area contributed by atoms with Crippen molar-refractivity contribution in [1.29, 1.82) is 0 Å². The van der Waals surface area contributed by atoms with Crippen LogP contribution in [-0.2, 0) is 6.42 Å². The van der Waals surface area contributed by atoms with Gasteiger partial charge >= 0.3 is 0 Å². The molecule has 0 bridgehead atoms. The molecule has 2 N–H and O–H groups in total. The van der Waals surface area contributed by atoms with Crippen molar-refractivity contribution >= 4 is 0 Å². The highest BCUT2D eigenvalue weighted by molar-refractivity contribution is 5.15. The van der Waals surface area contributed by atoms with Crippen molar-refractivity contribution in [2.24, 2.45) is 0 Å². The van der Waals surface area contributed by atoms with E-state index in [4.69, 9.17) is 0 Å². The quantitative estimate of drug-likeness (QED) is 0.694. The van der Waals surface area contributed by atoms with Crippen LogP contribution in [0.5, 0.6) is 0 Å². The summed E-state index contributed by atoms with van der Waals surface area (Å²) < 4.78 is 0. The molecule has 0 saturated carbocycles. The van der Waals surface area contributed by atoms with Gasteiger partial charge in [0.15, 0.2) is 0 Å². The molecule has 18 heavy (non-hydrogen) atoms. The van der Waals surface area contributed by atoms with Crippen LogP contribution in [0.3, 0.4) is 0 Å². The topological polar surface area (TPSA) is 40.5 Å². The average molecular weight is 248 g/mol. The molecule has 2 unspecified atom stereocenters. The van der Waals surface area contributed by atoms with E-state index in [0.29, 0.717) is 6.42 Å². The Hall–Kier alpha value is -1.12. The van der Waals surface area contributed by atoms with Crippen molar-refractivity contribution in [3.8, 4) is 0 Å². The maximum absolute atomic E-state index is 9.70. The molecule has 0 aromatic heterocycles. The molecule has 0 heterocycles. The largest absolute Gasteiger partial charge is 0.393 e. The lowest BCUT2D eigenvalue weighted by Crippen LogP contribution is -2.15. The van der Waals surface area contributed by atoms with Crippen LogP contribution in [0.1, 0.15) is 38.2 Å². The van der Waals surface area contributed by atoms with Crippen LogP contribution in [0.2, 0.25) is 0 Å². The molecule has 2 atom stereocenters. The molecule has 0 spiro atoms. The fraction of sp³-hybridized carbons (Fsp3) is 0.500. The lowest BCUT2D eigenvalue weighted by atomic mass is 10.1. The molecule has 2 nitrogen and oxygen atoms in total. The first kappa shape index (κ1) is 14.9. The van der Waals surface area contributed by atoms with E-state index in [1.54, 1.807) is 6.08 Å². The summed E-state index contributed by atoms with van der Waals surface area (Å²) >= 11 is 0. The van der Waals surface area contributed by atoms with Gasteiger partial charge in [-0.25, -0.2) is 0 Å². The van der Waals surface area contributed by atoms with E-state index in [2.05, 4.69) is 12.1 Å². The van der Waals surface area contributed by atoms with Crippen LogP contribution < -0.4 is 0 Å². The van der Waals surface area contributed by atoms with Crippen LogP contribution in [0, 0.1) is 0 Å². The van der Waals surface area contributed by atoms with E-state index in [-0.39, 0.29) is 6.10 Å². The Morgan fingerprint density at radius 2 is 1.89 bits per heavy atom. The summed E-state index contributed by atoms with van der Waals surface area (Å²) in [6, 6.07) is 10.3. The highest BCUT2D eigenvalue weighted by Gasteiger charge is 2.07. The van der Waals surface area contributed by atoms with Crippen molar-refractivity contribution in [3.63, 3.8) is 0 Å². The second-order valence-electron chi connectivity index (χ2n) is 4.70. The molecule has 0 amide bonds. The van der Waals surface area contributed by atoms with Crippen LogP contribution in [-0.4, -0.2) is 22.4 Å². The standard InChI is InChI=1S/C16H24O2/c1-2-8-15(17)13-16(18)12-7-6-11-14-9-4-3-5-10-14/h3-5,7,9-10,12,15-18H,2,6,8,11,13H2,1H3/b12-7+. The van der Waals surface area contributed by atoms with E-state index in [1.807, 2.05) is 31.2 Å². The van der Waals surface area contributed by atoms with Crippen LogP contribution in [0.15, 0.2) is 42.5 Å². The first-order valence-corrected chi connectivity index (χ1v) is 6.79. The number of aryl methyl sites for hydroxylation is 1. The van der Waals surface area contributed by atoms with Crippen LogP contribution in [0.25, 0.3) is 0 Å². The molecule has 0 fully saturated rings. The van der Waals surface area contributed by atoms with E-state index in [1.165, 1.54) is 5.56 Å².